The van der Waals surface area contributed by atoms with Gasteiger partial charge in [0.2, 0.25) is 5.89 Å². The average Bonchev–Trinajstić information content (AvgIpc) is 2.84. The number of carbonyl (C=O) groups is 2. The summed E-state index contributed by atoms with van der Waals surface area (Å²) in [6.07, 6.45) is 0. The van der Waals surface area contributed by atoms with E-state index in [0.29, 0.717) is 23.0 Å². The van der Waals surface area contributed by atoms with Gasteiger partial charge in [-0.2, -0.15) is 4.98 Å². The van der Waals surface area contributed by atoms with Gasteiger partial charge in [-0.3, -0.25) is 0 Å². The molecule has 0 radical (unpaired) electrons. The second kappa shape index (κ2) is 6.04. The van der Waals surface area contributed by atoms with Gasteiger partial charge in [0.05, 0.1) is 12.1 Å². The predicted octanol–water partition coefficient (Wildman–Crippen LogP) is 1.71. The van der Waals surface area contributed by atoms with E-state index in [0.717, 1.165) is 0 Å². The first-order valence-electron chi connectivity index (χ1n) is 6.13. The highest BCUT2D eigenvalue weighted by Gasteiger charge is 2.10. The maximum Gasteiger partial charge on any atom is 0.336 e. The molecular weight excluding hydrogens is 276 g/mol. The molecule has 2 amide bonds. The van der Waals surface area contributed by atoms with Crippen molar-refractivity contribution in [2.45, 2.75) is 20.4 Å². The van der Waals surface area contributed by atoms with E-state index >= 15 is 0 Å². The van der Waals surface area contributed by atoms with E-state index in [1.54, 1.807) is 26.0 Å². The SMILES string of the molecule is Cc1nc(CNC(=O)Nc2ccc(C)c(C(=O)O)c2)no1. The van der Waals surface area contributed by atoms with Crippen molar-refractivity contribution in [1.82, 2.24) is 15.5 Å². The molecule has 1 aromatic heterocycles. The van der Waals surface area contributed by atoms with Crippen molar-refractivity contribution in [3.05, 3.63) is 41.0 Å². The summed E-state index contributed by atoms with van der Waals surface area (Å²) in [5.41, 5.74) is 1.15. The van der Waals surface area contributed by atoms with Crippen LogP contribution in [0.15, 0.2) is 22.7 Å². The van der Waals surface area contributed by atoms with Gasteiger partial charge in [-0.05, 0) is 24.6 Å². The van der Waals surface area contributed by atoms with Crippen LogP contribution in [-0.2, 0) is 6.54 Å². The third kappa shape index (κ3) is 3.78. The van der Waals surface area contributed by atoms with E-state index in [4.69, 9.17) is 9.63 Å². The van der Waals surface area contributed by atoms with Gasteiger partial charge in [0.25, 0.3) is 0 Å². The maximum absolute atomic E-state index is 11.7. The van der Waals surface area contributed by atoms with Crippen LogP contribution in [0.3, 0.4) is 0 Å². The van der Waals surface area contributed by atoms with Crippen molar-refractivity contribution < 1.29 is 19.2 Å². The van der Waals surface area contributed by atoms with Crippen LogP contribution in [0.1, 0.15) is 27.6 Å². The Balaban J connectivity index is 1.96. The summed E-state index contributed by atoms with van der Waals surface area (Å²) >= 11 is 0. The second-order valence-corrected chi connectivity index (χ2v) is 4.37. The van der Waals surface area contributed by atoms with E-state index in [1.807, 2.05) is 0 Å². The Morgan fingerprint density at radius 3 is 2.71 bits per heavy atom. The molecule has 0 aliphatic rings. The molecule has 110 valence electrons. The van der Waals surface area contributed by atoms with E-state index < -0.39 is 12.0 Å². The highest BCUT2D eigenvalue weighted by molar-refractivity contribution is 5.94. The maximum atomic E-state index is 11.7. The summed E-state index contributed by atoms with van der Waals surface area (Å²) in [6, 6.07) is 4.16. The molecule has 2 rings (SSSR count). The lowest BCUT2D eigenvalue weighted by molar-refractivity contribution is 0.0696. The van der Waals surface area contributed by atoms with Gasteiger partial charge in [0.15, 0.2) is 5.82 Å². The van der Waals surface area contributed by atoms with Crippen molar-refractivity contribution >= 4 is 17.7 Å². The van der Waals surface area contributed by atoms with Crippen molar-refractivity contribution in [2.75, 3.05) is 5.32 Å². The van der Waals surface area contributed by atoms with Crippen molar-refractivity contribution in [2.24, 2.45) is 0 Å². The molecule has 0 aliphatic heterocycles. The molecule has 0 saturated carbocycles. The van der Waals surface area contributed by atoms with Crippen molar-refractivity contribution in [1.29, 1.82) is 0 Å². The summed E-state index contributed by atoms with van der Waals surface area (Å²) < 4.78 is 4.77. The number of aromatic carboxylic acids is 1. The van der Waals surface area contributed by atoms with Gasteiger partial charge in [0.1, 0.15) is 0 Å². The number of urea groups is 1. The first kappa shape index (κ1) is 14.5. The number of aryl methyl sites for hydroxylation is 2. The Bertz CT molecular complexity index is 681. The van der Waals surface area contributed by atoms with Gasteiger partial charge in [0, 0.05) is 12.6 Å². The third-order valence-corrected chi connectivity index (χ3v) is 2.70. The van der Waals surface area contributed by atoms with Gasteiger partial charge < -0.3 is 20.3 Å². The molecule has 0 aliphatic carbocycles. The highest BCUT2D eigenvalue weighted by atomic mass is 16.5. The zero-order valence-corrected chi connectivity index (χ0v) is 11.5. The first-order valence-corrected chi connectivity index (χ1v) is 6.13. The number of amides is 2. The molecule has 21 heavy (non-hydrogen) atoms. The number of hydrogen-bond donors (Lipinski definition) is 3. The lowest BCUT2D eigenvalue weighted by atomic mass is 10.1. The lowest BCUT2D eigenvalue weighted by Gasteiger charge is -2.08. The zero-order valence-electron chi connectivity index (χ0n) is 11.5. The van der Waals surface area contributed by atoms with Gasteiger partial charge >= 0.3 is 12.0 Å². The van der Waals surface area contributed by atoms with E-state index in [-0.39, 0.29) is 12.1 Å². The zero-order chi connectivity index (χ0) is 15.4. The molecule has 1 heterocycles. The molecule has 2 aromatic rings. The molecular formula is C13H14N4O4. The molecule has 0 fully saturated rings. The molecule has 8 nitrogen and oxygen atoms in total. The molecule has 0 bridgehead atoms. The number of hydrogen-bond acceptors (Lipinski definition) is 5. The summed E-state index contributed by atoms with van der Waals surface area (Å²) in [6.45, 7) is 3.45. The minimum absolute atomic E-state index is 0.112. The number of carboxylic acid groups (broad SMARTS) is 1. The Labute approximate surface area is 120 Å². The van der Waals surface area contributed by atoms with E-state index in [2.05, 4.69) is 20.8 Å². The molecule has 1 aromatic carbocycles. The third-order valence-electron chi connectivity index (χ3n) is 2.70. The number of rotatable bonds is 4. The minimum atomic E-state index is -1.04. The van der Waals surface area contributed by atoms with Gasteiger partial charge in [-0.25, -0.2) is 9.59 Å². The lowest BCUT2D eigenvalue weighted by Crippen LogP contribution is -2.28. The van der Waals surface area contributed by atoms with Crippen LogP contribution >= 0.6 is 0 Å². The van der Waals surface area contributed by atoms with Crippen LogP contribution in [0.5, 0.6) is 0 Å². The second-order valence-electron chi connectivity index (χ2n) is 4.37. The Morgan fingerprint density at radius 1 is 1.33 bits per heavy atom. The number of nitrogens with zero attached hydrogens (tertiary/aromatic N) is 2. The summed E-state index contributed by atoms with van der Waals surface area (Å²) in [4.78, 5) is 26.7. The minimum Gasteiger partial charge on any atom is -0.478 e. The van der Waals surface area contributed by atoms with E-state index in [9.17, 15) is 9.59 Å². The fourth-order valence-electron chi connectivity index (χ4n) is 1.68. The van der Waals surface area contributed by atoms with Crippen LogP contribution in [0.25, 0.3) is 0 Å². The van der Waals surface area contributed by atoms with E-state index in [1.165, 1.54) is 6.07 Å². The highest BCUT2D eigenvalue weighted by Crippen LogP contribution is 2.15. The van der Waals surface area contributed by atoms with Gasteiger partial charge in [-0.1, -0.05) is 11.2 Å². The summed E-state index contributed by atoms with van der Waals surface area (Å²) in [7, 11) is 0. The van der Waals surface area contributed by atoms with Crippen LogP contribution in [0, 0.1) is 13.8 Å². The fraction of sp³-hybridized carbons (Fsp3) is 0.231. The van der Waals surface area contributed by atoms with Crippen LogP contribution in [0.2, 0.25) is 0 Å². The van der Waals surface area contributed by atoms with Crippen molar-refractivity contribution in [3.8, 4) is 0 Å². The monoisotopic (exact) mass is 290 g/mol. The Kier molecular flexibility index (Phi) is 4.17. The number of aromatic nitrogens is 2. The average molecular weight is 290 g/mol. The topological polar surface area (TPSA) is 117 Å². The largest absolute Gasteiger partial charge is 0.478 e. The molecule has 8 heteroatoms. The molecule has 0 atom stereocenters. The first-order chi connectivity index (χ1) is 9.95. The smallest absolute Gasteiger partial charge is 0.336 e. The fourth-order valence-corrected chi connectivity index (χ4v) is 1.68. The number of benzene rings is 1. The van der Waals surface area contributed by atoms with Crippen LogP contribution in [-0.4, -0.2) is 27.2 Å². The molecule has 3 N–H and O–H groups in total. The summed E-state index contributed by atoms with van der Waals surface area (Å²) in [5, 5.41) is 17.7. The molecule has 0 spiro atoms. The molecule has 0 saturated heterocycles. The van der Waals surface area contributed by atoms with Crippen LogP contribution in [0.4, 0.5) is 10.5 Å². The van der Waals surface area contributed by atoms with Crippen molar-refractivity contribution in [3.63, 3.8) is 0 Å². The number of carbonyl (C=O) groups excluding carboxylic acids is 1. The Morgan fingerprint density at radius 2 is 2.10 bits per heavy atom. The van der Waals surface area contributed by atoms with Gasteiger partial charge in [-0.15, -0.1) is 0 Å². The molecule has 0 unspecified atom stereocenters. The number of anilines is 1. The summed E-state index contributed by atoms with van der Waals surface area (Å²) in [5.74, 6) is -0.270. The quantitative estimate of drug-likeness (QED) is 0.789. The van der Waals surface area contributed by atoms with Crippen LogP contribution < -0.4 is 10.6 Å². The Hall–Kier alpha value is -2.90. The predicted molar refractivity (Wildman–Crippen MR) is 73.0 cm³/mol. The normalized spacial score (nSPS) is 10.2. The number of nitrogens with one attached hydrogen (secondary N) is 2. The number of carboxylic acids is 1. The standard InChI is InChI=1S/C13H14N4O4/c1-7-3-4-9(5-10(7)12(18)19)16-13(20)14-6-11-15-8(2)21-17-11/h3-5H,6H2,1-2H3,(H,18,19)(H2,14,16,20).